The van der Waals surface area contributed by atoms with Gasteiger partial charge < -0.3 is 15.6 Å². The Morgan fingerprint density at radius 1 is 1.56 bits per heavy atom. The molecule has 86 valence electrons. The number of rotatable bonds is 6. The second kappa shape index (κ2) is 5.92. The molecule has 4 heteroatoms. The van der Waals surface area contributed by atoms with Crippen LogP contribution in [0.4, 0.5) is 0 Å². The summed E-state index contributed by atoms with van der Waals surface area (Å²) in [6.45, 7) is 3.92. The zero-order chi connectivity index (χ0) is 12.0. The molecule has 0 aromatic heterocycles. The third-order valence-corrected chi connectivity index (χ3v) is 2.07. The van der Waals surface area contributed by atoms with Crippen LogP contribution < -0.4 is 10.5 Å². The maximum atomic E-state index is 10.6. The first-order valence-electron chi connectivity index (χ1n) is 4.95. The summed E-state index contributed by atoms with van der Waals surface area (Å²) in [7, 11) is 0. The highest BCUT2D eigenvalue weighted by molar-refractivity contribution is 5.68. The van der Waals surface area contributed by atoms with E-state index in [-0.39, 0.29) is 6.42 Å². The van der Waals surface area contributed by atoms with Crippen molar-refractivity contribution >= 4 is 5.97 Å². The van der Waals surface area contributed by atoms with Gasteiger partial charge in [-0.3, -0.25) is 4.79 Å². The molecule has 1 aromatic carbocycles. The Morgan fingerprint density at radius 2 is 2.25 bits per heavy atom. The normalized spacial score (nSPS) is 11.8. The molecule has 0 saturated carbocycles. The van der Waals surface area contributed by atoms with Gasteiger partial charge in [-0.05, 0) is 6.07 Å². The fourth-order valence-corrected chi connectivity index (χ4v) is 1.37. The van der Waals surface area contributed by atoms with E-state index in [9.17, 15) is 4.79 Å². The lowest BCUT2D eigenvalue weighted by Gasteiger charge is -2.14. The van der Waals surface area contributed by atoms with E-state index >= 15 is 0 Å². The second-order valence-electron chi connectivity index (χ2n) is 3.34. The maximum Gasteiger partial charge on any atom is 0.305 e. The summed E-state index contributed by atoms with van der Waals surface area (Å²) >= 11 is 0. The van der Waals surface area contributed by atoms with Gasteiger partial charge in [0.25, 0.3) is 0 Å². The molecule has 0 spiro atoms. The maximum absolute atomic E-state index is 10.6. The number of nitrogens with two attached hydrogens (primary N) is 1. The van der Waals surface area contributed by atoms with Gasteiger partial charge in [0.1, 0.15) is 12.4 Å². The second-order valence-corrected chi connectivity index (χ2v) is 3.34. The fourth-order valence-electron chi connectivity index (χ4n) is 1.37. The Labute approximate surface area is 94.3 Å². The van der Waals surface area contributed by atoms with Gasteiger partial charge in [0.15, 0.2) is 0 Å². The Hall–Kier alpha value is -1.81. The first kappa shape index (κ1) is 12.3. The molecule has 4 nitrogen and oxygen atoms in total. The van der Waals surface area contributed by atoms with Crippen LogP contribution in [0.2, 0.25) is 0 Å². The van der Waals surface area contributed by atoms with Crippen molar-refractivity contribution in [2.75, 3.05) is 6.61 Å². The number of carboxylic acids is 1. The van der Waals surface area contributed by atoms with E-state index in [0.717, 1.165) is 0 Å². The van der Waals surface area contributed by atoms with Crippen molar-refractivity contribution < 1.29 is 14.6 Å². The van der Waals surface area contributed by atoms with Gasteiger partial charge >= 0.3 is 5.97 Å². The molecule has 1 unspecified atom stereocenters. The minimum Gasteiger partial charge on any atom is -0.489 e. The highest BCUT2D eigenvalue weighted by Crippen LogP contribution is 2.25. The average molecular weight is 221 g/mol. The summed E-state index contributed by atoms with van der Waals surface area (Å²) in [6, 6.07) is 6.60. The average Bonchev–Trinajstić information content (AvgIpc) is 2.25. The van der Waals surface area contributed by atoms with E-state index in [4.69, 9.17) is 15.6 Å². The van der Waals surface area contributed by atoms with Crippen molar-refractivity contribution in [1.29, 1.82) is 0 Å². The Morgan fingerprint density at radius 3 is 2.88 bits per heavy atom. The molecule has 0 fully saturated rings. The molecule has 0 aliphatic heterocycles. The summed E-state index contributed by atoms with van der Waals surface area (Å²) < 4.78 is 5.40. The number of aliphatic carboxylic acids is 1. The summed E-state index contributed by atoms with van der Waals surface area (Å²) in [5, 5.41) is 8.68. The highest BCUT2D eigenvalue weighted by atomic mass is 16.5. The van der Waals surface area contributed by atoms with Crippen molar-refractivity contribution in [2.45, 2.75) is 12.5 Å². The highest BCUT2D eigenvalue weighted by Gasteiger charge is 2.14. The zero-order valence-corrected chi connectivity index (χ0v) is 8.93. The predicted molar refractivity (Wildman–Crippen MR) is 61.3 cm³/mol. The molecule has 0 amide bonds. The lowest BCUT2D eigenvalue weighted by Crippen LogP contribution is -2.16. The van der Waals surface area contributed by atoms with Crippen LogP contribution in [0, 0.1) is 0 Å². The molecule has 0 radical (unpaired) electrons. The first-order chi connectivity index (χ1) is 7.65. The molecule has 0 saturated heterocycles. The topological polar surface area (TPSA) is 72.5 Å². The van der Waals surface area contributed by atoms with Gasteiger partial charge in [0.2, 0.25) is 0 Å². The third kappa shape index (κ3) is 3.40. The molecule has 0 bridgehead atoms. The molecule has 0 aliphatic carbocycles. The molecular formula is C12H15NO3. The molecule has 1 atom stereocenters. The molecule has 1 rings (SSSR count). The molecule has 1 aromatic rings. The van der Waals surface area contributed by atoms with E-state index < -0.39 is 12.0 Å². The number of benzene rings is 1. The Kier molecular flexibility index (Phi) is 4.54. The molecule has 16 heavy (non-hydrogen) atoms. The van der Waals surface area contributed by atoms with E-state index in [2.05, 4.69) is 6.58 Å². The van der Waals surface area contributed by atoms with Crippen LogP contribution in [0.1, 0.15) is 18.0 Å². The van der Waals surface area contributed by atoms with Crippen molar-refractivity contribution in [3.05, 3.63) is 42.5 Å². The number of para-hydroxylation sites is 1. The quantitative estimate of drug-likeness (QED) is 0.717. The number of ether oxygens (including phenoxy) is 1. The Balaban J connectivity index is 2.84. The van der Waals surface area contributed by atoms with Crippen molar-refractivity contribution in [2.24, 2.45) is 5.73 Å². The van der Waals surface area contributed by atoms with Crippen LogP contribution in [0.3, 0.4) is 0 Å². The summed E-state index contributed by atoms with van der Waals surface area (Å²) in [5.41, 5.74) is 6.48. The van der Waals surface area contributed by atoms with Gasteiger partial charge in [-0.1, -0.05) is 30.9 Å². The van der Waals surface area contributed by atoms with Gasteiger partial charge in [-0.2, -0.15) is 0 Å². The van der Waals surface area contributed by atoms with E-state index in [1.54, 1.807) is 24.3 Å². The lowest BCUT2D eigenvalue weighted by atomic mass is 10.0. The van der Waals surface area contributed by atoms with Crippen LogP contribution in [-0.2, 0) is 4.79 Å². The van der Waals surface area contributed by atoms with Gasteiger partial charge in [0.05, 0.1) is 6.42 Å². The van der Waals surface area contributed by atoms with E-state index in [0.29, 0.717) is 17.9 Å². The number of hydrogen-bond donors (Lipinski definition) is 2. The van der Waals surface area contributed by atoms with Gasteiger partial charge in [-0.25, -0.2) is 0 Å². The van der Waals surface area contributed by atoms with Gasteiger partial charge in [0, 0.05) is 11.6 Å². The van der Waals surface area contributed by atoms with Crippen LogP contribution in [0.5, 0.6) is 5.75 Å². The largest absolute Gasteiger partial charge is 0.489 e. The van der Waals surface area contributed by atoms with Crippen molar-refractivity contribution in [3.63, 3.8) is 0 Å². The first-order valence-corrected chi connectivity index (χ1v) is 4.95. The number of carboxylic acid groups (broad SMARTS) is 1. The van der Waals surface area contributed by atoms with E-state index in [1.807, 2.05) is 6.07 Å². The minimum atomic E-state index is -0.925. The molecule has 0 heterocycles. The lowest BCUT2D eigenvalue weighted by molar-refractivity contribution is -0.137. The fraction of sp³-hybridized carbons (Fsp3) is 0.250. The standard InChI is InChI=1S/C12H15NO3/c1-2-7-16-11-6-4-3-5-9(11)10(13)8-12(14)15/h2-6,10H,1,7-8,13H2,(H,14,15). The van der Waals surface area contributed by atoms with Crippen LogP contribution in [0.25, 0.3) is 0 Å². The zero-order valence-electron chi connectivity index (χ0n) is 8.93. The van der Waals surface area contributed by atoms with Crippen molar-refractivity contribution in [3.8, 4) is 5.75 Å². The van der Waals surface area contributed by atoms with Crippen LogP contribution in [-0.4, -0.2) is 17.7 Å². The molecule has 3 N–H and O–H groups in total. The number of carbonyl (C=O) groups is 1. The number of hydrogen-bond acceptors (Lipinski definition) is 3. The summed E-state index contributed by atoms with van der Waals surface area (Å²) in [4.78, 5) is 10.6. The van der Waals surface area contributed by atoms with Gasteiger partial charge in [-0.15, -0.1) is 0 Å². The third-order valence-electron chi connectivity index (χ3n) is 2.07. The van der Waals surface area contributed by atoms with E-state index in [1.165, 1.54) is 0 Å². The summed E-state index contributed by atoms with van der Waals surface area (Å²) in [6.07, 6.45) is 1.51. The molecular weight excluding hydrogens is 206 g/mol. The van der Waals surface area contributed by atoms with Crippen LogP contribution >= 0.6 is 0 Å². The van der Waals surface area contributed by atoms with Crippen LogP contribution in [0.15, 0.2) is 36.9 Å². The van der Waals surface area contributed by atoms with Crippen molar-refractivity contribution in [1.82, 2.24) is 0 Å². The monoisotopic (exact) mass is 221 g/mol. The Bertz CT molecular complexity index is 376. The summed E-state index contributed by atoms with van der Waals surface area (Å²) in [5.74, 6) is -0.317. The smallest absolute Gasteiger partial charge is 0.305 e. The predicted octanol–water partition coefficient (Wildman–Crippen LogP) is 1.73. The molecule has 0 aliphatic rings. The SMILES string of the molecule is C=CCOc1ccccc1C(N)CC(=O)O. The minimum absolute atomic E-state index is 0.117.